The van der Waals surface area contributed by atoms with E-state index in [1.165, 1.54) is 17.4 Å². The molecule has 0 fully saturated rings. The van der Waals surface area contributed by atoms with Crippen LogP contribution >= 0.6 is 34.5 Å². The molecule has 144 valence electrons. The number of carbonyl (C=O) groups excluding carboxylic acids is 2. The van der Waals surface area contributed by atoms with Gasteiger partial charge in [-0.2, -0.15) is 4.99 Å². The number of esters is 1. The molecule has 0 aliphatic carbocycles. The van der Waals surface area contributed by atoms with Gasteiger partial charge in [-0.15, -0.1) is 0 Å². The molecule has 1 aromatic heterocycles. The molecular weight excluding hydrogens is 419 g/mol. The summed E-state index contributed by atoms with van der Waals surface area (Å²) in [6, 6.07) is 12.5. The first-order valence-electron chi connectivity index (χ1n) is 8.43. The van der Waals surface area contributed by atoms with Gasteiger partial charge in [0.05, 0.1) is 16.8 Å². The Hall–Kier alpha value is -2.41. The maximum absolute atomic E-state index is 12.4. The molecule has 3 rings (SSSR count). The minimum atomic E-state index is -0.463. The van der Waals surface area contributed by atoms with E-state index in [4.69, 9.17) is 27.9 Å². The van der Waals surface area contributed by atoms with Gasteiger partial charge < -0.3 is 9.30 Å². The number of hydrogen-bond donors (Lipinski definition) is 0. The summed E-state index contributed by atoms with van der Waals surface area (Å²) in [5.74, 6) is -0.868. The number of nitrogens with zero attached hydrogens (tertiary/aromatic N) is 2. The Labute approximate surface area is 175 Å². The monoisotopic (exact) mass is 434 g/mol. The summed E-state index contributed by atoms with van der Waals surface area (Å²) in [5.41, 5.74) is 1.47. The minimum Gasteiger partial charge on any atom is -0.465 e. The summed E-state index contributed by atoms with van der Waals surface area (Å²) in [5, 5.41) is 1.11. The van der Waals surface area contributed by atoms with Crippen molar-refractivity contribution >= 4 is 62.7 Å². The SMILES string of the molecule is CCOC(=O)Cn1c(=NC(=O)C=Cc2ccccc2Cl)sc2cc(Cl)ccc21. The van der Waals surface area contributed by atoms with Crippen molar-refractivity contribution in [2.24, 2.45) is 4.99 Å². The summed E-state index contributed by atoms with van der Waals surface area (Å²) in [6.07, 6.45) is 2.95. The molecule has 1 amide bonds. The van der Waals surface area contributed by atoms with Crippen LogP contribution in [-0.2, 0) is 20.9 Å². The van der Waals surface area contributed by atoms with Gasteiger partial charge in [0.25, 0.3) is 5.91 Å². The molecular formula is C20H16Cl2N2O3S. The van der Waals surface area contributed by atoms with Crippen molar-refractivity contribution in [3.63, 3.8) is 0 Å². The van der Waals surface area contributed by atoms with Gasteiger partial charge in [-0.3, -0.25) is 9.59 Å². The fourth-order valence-electron chi connectivity index (χ4n) is 2.52. The molecule has 2 aromatic carbocycles. The average molecular weight is 435 g/mol. The number of thiazole rings is 1. The fraction of sp³-hybridized carbons (Fsp3) is 0.150. The van der Waals surface area contributed by atoms with Crippen LogP contribution in [0.4, 0.5) is 0 Å². The van der Waals surface area contributed by atoms with Crippen molar-refractivity contribution < 1.29 is 14.3 Å². The van der Waals surface area contributed by atoms with Crippen LogP contribution in [0.2, 0.25) is 10.0 Å². The highest BCUT2D eigenvalue weighted by Crippen LogP contribution is 2.22. The fourth-order valence-corrected chi connectivity index (χ4v) is 4.03. The van der Waals surface area contributed by atoms with Crippen LogP contribution in [-0.4, -0.2) is 23.1 Å². The van der Waals surface area contributed by atoms with E-state index in [-0.39, 0.29) is 13.2 Å². The molecule has 0 unspecified atom stereocenters. The molecule has 0 aliphatic heterocycles. The number of ether oxygens (including phenoxy) is 1. The predicted molar refractivity (Wildman–Crippen MR) is 113 cm³/mol. The van der Waals surface area contributed by atoms with E-state index in [2.05, 4.69) is 4.99 Å². The molecule has 0 spiro atoms. The van der Waals surface area contributed by atoms with E-state index in [1.54, 1.807) is 47.9 Å². The number of aromatic nitrogens is 1. The van der Waals surface area contributed by atoms with Gasteiger partial charge >= 0.3 is 5.97 Å². The van der Waals surface area contributed by atoms with Crippen LogP contribution in [0.1, 0.15) is 12.5 Å². The molecule has 3 aromatic rings. The first kappa shape index (κ1) is 20.3. The molecule has 0 saturated heterocycles. The predicted octanol–water partition coefficient (Wildman–Crippen LogP) is 4.71. The summed E-state index contributed by atoms with van der Waals surface area (Å²) >= 11 is 13.4. The topological polar surface area (TPSA) is 60.7 Å². The largest absolute Gasteiger partial charge is 0.465 e. The Morgan fingerprint density at radius 3 is 2.75 bits per heavy atom. The van der Waals surface area contributed by atoms with Crippen molar-refractivity contribution in [1.29, 1.82) is 0 Å². The molecule has 5 nitrogen and oxygen atoms in total. The van der Waals surface area contributed by atoms with Crippen LogP contribution in [0.3, 0.4) is 0 Å². The van der Waals surface area contributed by atoms with Gasteiger partial charge in [0, 0.05) is 16.1 Å². The Morgan fingerprint density at radius 2 is 2.00 bits per heavy atom. The zero-order chi connectivity index (χ0) is 20.1. The quantitative estimate of drug-likeness (QED) is 0.431. The van der Waals surface area contributed by atoms with Crippen LogP contribution in [0.5, 0.6) is 0 Å². The first-order chi connectivity index (χ1) is 13.5. The molecule has 0 N–H and O–H groups in total. The summed E-state index contributed by atoms with van der Waals surface area (Å²) in [4.78, 5) is 28.9. The van der Waals surface area contributed by atoms with Gasteiger partial charge in [0.2, 0.25) is 0 Å². The Balaban J connectivity index is 1.99. The first-order valence-corrected chi connectivity index (χ1v) is 10.0. The summed E-state index contributed by atoms with van der Waals surface area (Å²) in [6.45, 7) is 1.97. The van der Waals surface area contributed by atoms with E-state index in [1.807, 2.05) is 12.1 Å². The molecule has 0 saturated carbocycles. The van der Waals surface area contributed by atoms with Crippen LogP contribution in [0.15, 0.2) is 53.5 Å². The number of rotatable bonds is 5. The van der Waals surface area contributed by atoms with Crippen molar-refractivity contribution in [3.05, 3.63) is 69.0 Å². The lowest BCUT2D eigenvalue weighted by Crippen LogP contribution is -2.22. The molecule has 0 radical (unpaired) electrons. The lowest BCUT2D eigenvalue weighted by molar-refractivity contribution is -0.143. The zero-order valence-electron chi connectivity index (χ0n) is 14.9. The molecule has 0 bridgehead atoms. The Kier molecular flexibility index (Phi) is 6.67. The van der Waals surface area contributed by atoms with Crippen LogP contribution in [0, 0.1) is 0 Å². The number of benzene rings is 2. The van der Waals surface area contributed by atoms with Crippen LogP contribution in [0.25, 0.3) is 16.3 Å². The third-order valence-electron chi connectivity index (χ3n) is 3.75. The number of halogens is 2. The maximum Gasteiger partial charge on any atom is 0.326 e. The summed E-state index contributed by atoms with van der Waals surface area (Å²) in [7, 11) is 0. The number of carbonyl (C=O) groups is 2. The average Bonchev–Trinajstić information content (AvgIpc) is 2.97. The van der Waals surface area contributed by atoms with Gasteiger partial charge in [0.15, 0.2) is 4.80 Å². The van der Waals surface area contributed by atoms with E-state index < -0.39 is 11.9 Å². The summed E-state index contributed by atoms with van der Waals surface area (Å²) < 4.78 is 7.50. The lowest BCUT2D eigenvalue weighted by Gasteiger charge is -2.04. The lowest BCUT2D eigenvalue weighted by atomic mass is 10.2. The van der Waals surface area contributed by atoms with E-state index in [0.717, 1.165) is 15.8 Å². The smallest absolute Gasteiger partial charge is 0.326 e. The minimum absolute atomic E-state index is 0.0458. The molecule has 0 aliphatic rings. The molecule has 8 heteroatoms. The normalized spacial score (nSPS) is 12.0. The third kappa shape index (κ3) is 4.90. The highest BCUT2D eigenvalue weighted by Gasteiger charge is 2.12. The second kappa shape index (κ2) is 9.19. The van der Waals surface area contributed by atoms with Gasteiger partial charge in [0.1, 0.15) is 6.54 Å². The highest BCUT2D eigenvalue weighted by molar-refractivity contribution is 7.16. The van der Waals surface area contributed by atoms with Crippen molar-refractivity contribution in [2.75, 3.05) is 6.61 Å². The van der Waals surface area contributed by atoms with E-state index >= 15 is 0 Å². The number of amides is 1. The van der Waals surface area contributed by atoms with Gasteiger partial charge in [-0.25, -0.2) is 0 Å². The Morgan fingerprint density at radius 1 is 1.21 bits per heavy atom. The molecule has 28 heavy (non-hydrogen) atoms. The molecule has 0 atom stereocenters. The standard InChI is InChI=1S/C20H16Cl2N2O3S/c1-2-27-19(26)12-24-16-9-8-14(21)11-17(16)28-20(24)23-18(25)10-7-13-5-3-4-6-15(13)22/h3-11H,2,12H2,1H3. The number of fused-ring (bicyclic) bond motifs is 1. The maximum atomic E-state index is 12.4. The van der Waals surface area contributed by atoms with Crippen LogP contribution < -0.4 is 4.80 Å². The highest BCUT2D eigenvalue weighted by atomic mass is 35.5. The number of hydrogen-bond acceptors (Lipinski definition) is 4. The zero-order valence-corrected chi connectivity index (χ0v) is 17.2. The van der Waals surface area contributed by atoms with Crippen molar-refractivity contribution in [2.45, 2.75) is 13.5 Å². The van der Waals surface area contributed by atoms with Gasteiger partial charge in [-0.1, -0.05) is 52.7 Å². The van der Waals surface area contributed by atoms with E-state index in [0.29, 0.717) is 14.8 Å². The Bertz CT molecular complexity index is 1130. The second-order valence-corrected chi connectivity index (χ2v) is 7.55. The van der Waals surface area contributed by atoms with Gasteiger partial charge in [-0.05, 0) is 42.8 Å². The molecule has 1 heterocycles. The third-order valence-corrected chi connectivity index (χ3v) is 5.37. The second-order valence-electron chi connectivity index (χ2n) is 5.69. The van der Waals surface area contributed by atoms with Crippen molar-refractivity contribution in [1.82, 2.24) is 4.57 Å². The van der Waals surface area contributed by atoms with Crippen molar-refractivity contribution in [3.8, 4) is 0 Å². The van der Waals surface area contributed by atoms with E-state index in [9.17, 15) is 9.59 Å².